The number of ether oxygens (including phenoxy) is 3. The number of nitrogens with zero attached hydrogens (tertiary/aromatic N) is 3. The highest BCUT2D eigenvalue weighted by atomic mass is 32.2. The lowest BCUT2D eigenvalue weighted by Gasteiger charge is -2.46. The van der Waals surface area contributed by atoms with Crippen LogP contribution in [0.4, 0.5) is 9.18 Å². The quantitative estimate of drug-likeness (QED) is 0.607. The fourth-order valence-electron chi connectivity index (χ4n) is 4.43. The minimum atomic E-state index is -3.50. The van der Waals surface area contributed by atoms with E-state index in [4.69, 9.17) is 14.2 Å². The molecule has 2 aliphatic rings. The van der Waals surface area contributed by atoms with Crippen LogP contribution in [0.15, 0.2) is 35.5 Å². The molecule has 9 nitrogen and oxygen atoms in total. The molecule has 35 heavy (non-hydrogen) atoms. The Kier molecular flexibility index (Phi) is 7.01. The van der Waals surface area contributed by atoms with E-state index in [0.29, 0.717) is 38.5 Å². The van der Waals surface area contributed by atoms with Gasteiger partial charge >= 0.3 is 12.1 Å². The fraction of sp³-hybridized carbons (Fsp3) is 0.542. The summed E-state index contributed by atoms with van der Waals surface area (Å²) in [5.74, 6) is -0.282. The molecule has 1 amide bonds. The van der Waals surface area contributed by atoms with E-state index in [0.717, 1.165) is 12.3 Å². The van der Waals surface area contributed by atoms with Crippen molar-refractivity contribution < 1.29 is 31.8 Å². The summed E-state index contributed by atoms with van der Waals surface area (Å²) >= 11 is 0. The third-order valence-electron chi connectivity index (χ3n) is 6.15. The predicted molar refractivity (Wildman–Crippen MR) is 125 cm³/mol. The minimum Gasteiger partial charge on any atom is -0.463 e. The summed E-state index contributed by atoms with van der Waals surface area (Å²) in [4.78, 5) is 22.6. The highest BCUT2D eigenvalue weighted by molar-refractivity contribution is 7.90. The van der Waals surface area contributed by atoms with Crippen molar-refractivity contribution in [1.82, 2.24) is 14.9 Å². The number of aromatic nitrogens is 2. The number of piperidine rings is 1. The first-order valence-corrected chi connectivity index (χ1v) is 13.3. The van der Waals surface area contributed by atoms with Crippen molar-refractivity contribution in [2.45, 2.75) is 31.3 Å². The molecule has 11 heteroatoms. The molecule has 0 radical (unpaired) electrons. The number of carbonyl (C=O) groups excluding carboxylic acids is 1. The van der Waals surface area contributed by atoms with Crippen LogP contribution in [0.5, 0.6) is 6.01 Å². The highest BCUT2D eigenvalue weighted by Crippen LogP contribution is 2.34. The van der Waals surface area contributed by atoms with Crippen molar-refractivity contribution in [2.75, 3.05) is 39.2 Å². The number of halogens is 1. The summed E-state index contributed by atoms with van der Waals surface area (Å²) < 4.78 is 54.8. The van der Waals surface area contributed by atoms with E-state index in [9.17, 15) is 17.6 Å². The Morgan fingerprint density at radius 2 is 1.80 bits per heavy atom. The van der Waals surface area contributed by atoms with Gasteiger partial charge in [0.2, 0.25) is 0 Å². The van der Waals surface area contributed by atoms with E-state index in [1.807, 2.05) is 20.8 Å². The van der Waals surface area contributed by atoms with Gasteiger partial charge in [-0.2, -0.15) is 0 Å². The molecule has 2 atom stereocenters. The number of carbonyl (C=O) groups is 1. The fourth-order valence-corrected chi connectivity index (χ4v) is 5.06. The van der Waals surface area contributed by atoms with Crippen molar-refractivity contribution >= 4 is 15.9 Å². The normalized spacial score (nSPS) is 22.5. The Morgan fingerprint density at radius 1 is 1.17 bits per heavy atom. The van der Waals surface area contributed by atoms with Crippen LogP contribution in [0.1, 0.15) is 20.8 Å². The average Bonchev–Trinajstić information content (AvgIpc) is 2.75. The molecule has 0 aliphatic carbocycles. The number of amides is 1. The van der Waals surface area contributed by atoms with Crippen LogP contribution in [0.2, 0.25) is 0 Å². The highest BCUT2D eigenvalue weighted by Gasteiger charge is 2.43. The zero-order chi connectivity index (χ0) is 25.4. The van der Waals surface area contributed by atoms with Crippen LogP contribution >= 0.6 is 0 Å². The van der Waals surface area contributed by atoms with Crippen molar-refractivity contribution in [3.8, 4) is 17.1 Å². The summed E-state index contributed by atoms with van der Waals surface area (Å²) in [7, 11) is -3.50. The van der Waals surface area contributed by atoms with Gasteiger partial charge in [-0.25, -0.2) is 27.6 Å². The van der Waals surface area contributed by atoms with Crippen molar-refractivity contribution in [3.63, 3.8) is 0 Å². The SMILES string of the molecule is CC(C)(C)OC(=O)N1CC2COCC(C1)C2COc1ncc(-c2ccc(S(C)(=O)=O)cc2F)cn1. The van der Waals surface area contributed by atoms with E-state index < -0.39 is 21.3 Å². The van der Waals surface area contributed by atoms with Gasteiger partial charge in [0, 0.05) is 60.6 Å². The lowest BCUT2D eigenvalue weighted by molar-refractivity contribution is -0.0950. The first-order valence-electron chi connectivity index (χ1n) is 11.4. The van der Waals surface area contributed by atoms with E-state index in [1.54, 1.807) is 4.90 Å². The molecule has 2 bridgehead atoms. The van der Waals surface area contributed by atoms with Gasteiger partial charge in [-0.3, -0.25) is 0 Å². The molecule has 2 fully saturated rings. The van der Waals surface area contributed by atoms with Crippen LogP contribution in [0.3, 0.4) is 0 Å². The molecular weight excluding hydrogens is 477 g/mol. The third-order valence-corrected chi connectivity index (χ3v) is 7.26. The van der Waals surface area contributed by atoms with E-state index >= 15 is 0 Å². The van der Waals surface area contributed by atoms with Crippen LogP contribution < -0.4 is 4.74 Å². The van der Waals surface area contributed by atoms with E-state index in [-0.39, 0.29) is 40.3 Å². The summed E-state index contributed by atoms with van der Waals surface area (Å²) in [6.45, 7) is 8.04. The second-order valence-electron chi connectivity index (χ2n) is 10.1. The average molecular weight is 508 g/mol. The lowest BCUT2D eigenvalue weighted by atomic mass is 9.77. The summed E-state index contributed by atoms with van der Waals surface area (Å²) in [5, 5.41) is 0. The molecule has 1 aromatic carbocycles. The van der Waals surface area contributed by atoms with E-state index in [2.05, 4.69) is 9.97 Å². The Morgan fingerprint density at radius 3 is 2.34 bits per heavy atom. The second-order valence-corrected chi connectivity index (χ2v) is 12.1. The lowest BCUT2D eigenvalue weighted by Crippen LogP contribution is -2.56. The molecule has 0 saturated carbocycles. The van der Waals surface area contributed by atoms with Crippen LogP contribution in [0, 0.1) is 23.6 Å². The van der Waals surface area contributed by atoms with Gasteiger partial charge < -0.3 is 19.1 Å². The molecule has 2 aliphatic heterocycles. The van der Waals surface area contributed by atoms with Gasteiger partial charge in [0.05, 0.1) is 24.7 Å². The zero-order valence-corrected chi connectivity index (χ0v) is 21.0. The number of sulfone groups is 1. The van der Waals surface area contributed by atoms with Crippen LogP contribution in [-0.2, 0) is 19.3 Å². The molecule has 3 heterocycles. The largest absolute Gasteiger partial charge is 0.463 e. The monoisotopic (exact) mass is 507 g/mol. The number of benzene rings is 1. The Hall–Kier alpha value is -2.79. The number of hydrogen-bond donors (Lipinski definition) is 0. The smallest absolute Gasteiger partial charge is 0.410 e. The maximum Gasteiger partial charge on any atom is 0.410 e. The number of rotatable bonds is 5. The molecule has 0 N–H and O–H groups in total. The Balaban J connectivity index is 1.38. The Labute approximate surface area is 204 Å². The van der Waals surface area contributed by atoms with Gasteiger partial charge in [0.25, 0.3) is 0 Å². The van der Waals surface area contributed by atoms with Gasteiger partial charge in [0.1, 0.15) is 11.4 Å². The standard InChI is InChI=1S/C24H30FN3O6S/c1-24(2,3)34-23(29)28-10-16-12-32-13-17(11-28)20(16)14-33-22-26-8-15(9-27-22)19-6-5-18(7-21(19)25)35(4,30)31/h5-9,16-17,20H,10-14H2,1-4H3. The topological polar surface area (TPSA) is 108 Å². The minimum absolute atomic E-state index is 0.0909. The zero-order valence-electron chi connectivity index (χ0n) is 20.2. The Bertz CT molecular complexity index is 1170. The van der Waals surface area contributed by atoms with Crippen molar-refractivity contribution in [3.05, 3.63) is 36.4 Å². The van der Waals surface area contributed by atoms with Crippen molar-refractivity contribution in [1.29, 1.82) is 0 Å². The molecule has 190 valence electrons. The maximum atomic E-state index is 14.5. The van der Waals surface area contributed by atoms with Gasteiger partial charge in [-0.05, 0) is 32.9 Å². The first-order chi connectivity index (χ1) is 16.4. The van der Waals surface area contributed by atoms with E-state index in [1.165, 1.54) is 24.5 Å². The molecule has 2 unspecified atom stereocenters. The molecular formula is C24H30FN3O6S. The molecule has 2 aromatic rings. The molecule has 1 aromatic heterocycles. The third kappa shape index (κ3) is 6.07. The first kappa shape index (κ1) is 25.3. The number of likely N-dealkylation sites (tertiary alicyclic amines) is 1. The maximum absolute atomic E-state index is 14.5. The molecule has 0 spiro atoms. The second kappa shape index (κ2) is 9.69. The number of fused-ring (bicyclic) bond motifs is 2. The van der Waals surface area contributed by atoms with Gasteiger partial charge in [0.15, 0.2) is 9.84 Å². The summed E-state index contributed by atoms with van der Waals surface area (Å²) in [5.41, 5.74) is 0.0566. The van der Waals surface area contributed by atoms with Crippen molar-refractivity contribution in [2.24, 2.45) is 17.8 Å². The predicted octanol–water partition coefficient (Wildman–Crippen LogP) is 3.19. The molecule has 2 saturated heterocycles. The summed E-state index contributed by atoms with van der Waals surface area (Å²) in [6.07, 6.45) is 3.59. The number of hydrogen-bond acceptors (Lipinski definition) is 8. The van der Waals surface area contributed by atoms with Crippen LogP contribution in [-0.4, -0.2) is 74.1 Å². The summed E-state index contributed by atoms with van der Waals surface area (Å²) in [6, 6.07) is 3.89. The van der Waals surface area contributed by atoms with Gasteiger partial charge in [-0.1, -0.05) is 6.07 Å². The molecule has 4 rings (SSSR count). The van der Waals surface area contributed by atoms with Crippen LogP contribution in [0.25, 0.3) is 11.1 Å². The van der Waals surface area contributed by atoms with Gasteiger partial charge in [-0.15, -0.1) is 0 Å².